The number of carbonyl (C=O) groups excluding carboxylic acids is 2. The average Bonchev–Trinajstić information content (AvgIpc) is 3.17. The summed E-state index contributed by atoms with van der Waals surface area (Å²) in [5.41, 5.74) is -0.825. The van der Waals surface area contributed by atoms with Crippen molar-refractivity contribution in [2.75, 3.05) is 18.5 Å². The number of amides is 3. The molecule has 1 aromatic heterocycles. The first-order valence-corrected chi connectivity index (χ1v) is 8.62. The minimum atomic E-state index is -4.58. The molecule has 0 aliphatic carbocycles. The number of carbonyl (C=O) groups is 2. The predicted molar refractivity (Wildman–Crippen MR) is 95.8 cm³/mol. The van der Waals surface area contributed by atoms with Gasteiger partial charge in [0.05, 0.1) is 23.5 Å². The van der Waals surface area contributed by atoms with Crippen LogP contribution in [0.25, 0.3) is 0 Å². The fourth-order valence-corrected chi connectivity index (χ4v) is 3.22. The summed E-state index contributed by atoms with van der Waals surface area (Å²) >= 11 is 5.84. The zero-order chi connectivity index (χ0) is 20.6. The third kappa shape index (κ3) is 3.77. The number of aromatic nitrogens is 2. The van der Waals surface area contributed by atoms with Crippen LogP contribution in [0.3, 0.4) is 0 Å². The van der Waals surface area contributed by atoms with Gasteiger partial charge in [-0.1, -0.05) is 23.7 Å². The molecule has 3 rings (SSSR count). The highest BCUT2D eigenvalue weighted by Gasteiger charge is 2.40. The average molecular weight is 416 g/mol. The second-order valence-corrected chi connectivity index (χ2v) is 6.79. The summed E-state index contributed by atoms with van der Waals surface area (Å²) in [6.45, 7) is -0.113. The second kappa shape index (κ2) is 7.34. The zero-order valence-electron chi connectivity index (χ0n) is 15.0. The largest absolute Gasteiger partial charge is 0.417 e. The fourth-order valence-electron chi connectivity index (χ4n) is 2.92. The Bertz CT molecular complexity index is 914. The predicted octanol–water partition coefficient (Wildman–Crippen LogP) is 2.65. The summed E-state index contributed by atoms with van der Waals surface area (Å²) < 4.78 is 40.5. The molecule has 1 aliphatic rings. The molecule has 2 aromatic rings. The van der Waals surface area contributed by atoms with Crippen LogP contribution in [-0.4, -0.2) is 46.0 Å². The summed E-state index contributed by atoms with van der Waals surface area (Å²) in [4.78, 5) is 31.6. The lowest BCUT2D eigenvalue weighted by atomic mass is 10.1. The van der Waals surface area contributed by atoms with E-state index < -0.39 is 34.7 Å². The van der Waals surface area contributed by atoms with E-state index in [4.69, 9.17) is 11.6 Å². The lowest BCUT2D eigenvalue weighted by Crippen LogP contribution is -2.43. The topological polar surface area (TPSA) is 70.5 Å². The number of urea groups is 1. The number of halogens is 4. The molecule has 0 radical (unpaired) electrons. The van der Waals surface area contributed by atoms with E-state index in [1.165, 1.54) is 35.3 Å². The third-order valence-electron chi connectivity index (χ3n) is 4.46. The molecule has 1 aliphatic heterocycles. The highest BCUT2D eigenvalue weighted by Crippen LogP contribution is 2.36. The lowest BCUT2D eigenvalue weighted by Gasteiger charge is -2.18. The van der Waals surface area contributed by atoms with Gasteiger partial charge in [0.2, 0.25) is 5.91 Å². The van der Waals surface area contributed by atoms with E-state index in [-0.39, 0.29) is 18.7 Å². The van der Waals surface area contributed by atoms with Gasteiger partial charge in [0.1, 0.15) is 6.04 Å². The molecule has 11 heteroatoms. The van der Waals surface area contributed by atoms with Crippen LogP contribution in [-0.2, 0) is 24.6 Å². The fraction of sp³-hybridized carbons (Fsp3) is 0.353. The first-order chi connectivity index (χ1) is 13.1. The number of benzene rings is 1. The van der Waals surface area contributed by atoms with Crippen LogP contribution in [0, 0.1) is 0 Å². The van der Waals surface area contributed by atoms with E-state index in [9.17, 15) is 22.8 Å². The summed E-state index contributed by atoms with van der Waals surface area (Å²) in [6.07, 6.45) is -1.40. The van der Waals surface area contributed by atoms with E-state index in [1.807, 2.05) is 0 Å². The van der Waals surface area contributed by atoms with Crippen LogP contribution in [0.5, 0.6) is 0 Å². The number of hydrogen-bond donors (Lipinski definition) is 1. The molecule has 3 amide bonds. The van der Waals surface area contributed by atoms with Crippen molar-refractivity contribution in [1.29, 1.82) is 0 Å². The maximum absolute atomic E-state index is 12.9. The highest BCUT2D eigenvalue weighted by molar-refractivity contribution is 6.32. The number of anilines is 1. The number of rotatable bonds is 4. The van der Waals surface area contributed by atoms with Gasteiger partial charge < -0.3 is 14.8 Å². The second-order valence-electron chi connectivity index (χ2n) is 6.41. The van der Waals surface area contributed by atoms with E-state index in [2.05, 4.69) is 10.3 Å². The number of likely N-dealkylation sites (N-methyl/N-ethyl adjacent to an activating group) is 1. The molecular formula is C17H17ClF3N5O2. The van der Waals surface area contributed by atoms with Crippen molar-refractivity contribution in [3.05, 3.63) is 46.9 Å². The molecule has 0 unspecified atom stereocenters. The zero-order valence-corrected chi connectivity index (χ0v) is 15.8. The first kappa shape index (κ1) is 20.0. The van der Waals surface area contributed by atoms with Crippen molar-refractivity contribution in [3.63, 3.8) is 0 Å². The van der Waals surface area contributed by atoms with Crippen molar-refractivity contribution in [2.24, 2.45) is 7.05 Å². The first-order valence-electron chi connectivity index (χ1n) is 8.24. The number of imidazole rings is 1. The van der Waals surface area contributed by atoms with Crippen molar-refractivity contribution in [2.45, 2.75) is 18.8 Å². The van der Waals surface area contributed by atoms with Crippen LogP contribution in [0.2, 0.25) is 5.02 Å². The minimum Gasteiger partial charge on any atom is -0.350 e. The summed E-state index contributed by atoms with van der Waals surface area (Å²) in [5, 5.41) is 2.09. The summed E-state index contributed by atoms with van der Waals surface area (Å²) in [7, 11) is 3.23. The van der Waals surface area contributed by atoms with Gasteiger partial charge >= 0.3 is 12.2 Å². The van der Waals surface area contributed by atoms with Gasteiger partial charge in [0, 0.05) is 26.8 Å². The van der Waals surface area contributed by atoms with Crippen LogP contribution >= 0.6 is 11.6 Å². The van der Waals surface area contributed by atoms with Gasteiger partial charge in [0.25, 0.3) is 0 Å². The molecule has 1 atom stereocenters. The SMILES string of the molecule is CN1C(=O)N(c2cn(C)cn2)C[C@H]1C(=O)NCc1cccc(C(F)(F)F)c1Cl. The Kier molecular flexibility index (Phi) is 5.24. The van der Waals surface area contributed by atoms with Crippen LogP contribution < -0.4 is 10.2 Å². The Morgan fingerprint density at radius 2 is 2.07 bits per heavy atom. The highest BCUT2D eigenvalue weighted by atomic mass is 35.5. The molecule has 2 heterocycles. The molecule has 0 spiro atoms. The third-order valence-corrected chi connectivity index (χ3v) is 4.91. The Morgan fingerprint density at radius 3 is 2.68 bits per heavy atom. The lowest BCUT2D eigenvalue weighted by molar-refractivity contribution is -0.137. The van der Waals surface area contributed by atoms with Gasteiger partial charge in [-0.15, -0.1) is 0 Å². The normalized spacial score (nSPS) is 17.4. The van der Waals surface area contributed by atoms with Crippen LogP contribution in [0.4, 0.5) is 23.8 Å². The number of nitrogens with zero attached hydrogens (tertiary/aromatic N) is 4. The standard InChI is InChI=1S/C17H17ClF3N5O2/c1-24-8-13(23-9-24)26-7-12(25(2)16(26)28)15(27)22-6-10-4-3-5-11(14(10)18)17(19,20)21/h3-5,8-9,12H,6-7H2,1-2H3,(H,22,27)/t12-/m0/s1. The van der Waals surface area contributed by atoms with Crippen molar-refractivity contribution < 1.29 is 22.8 Å². The molecule has 0 saturated carbocycles. The molecule has 0 bridgehead atoms. The Labute approximate surface area is 163 Å². The van der Waals surface area contributed by atoms with Crippen LogP contribution in [0.1, 0.15) is 11.1 Å². The molecule has 1 saturated heterocycles. The summed E-state index contributed by atoms with van der Waals surface area (Å²) in [6, 6.07) is 2.31. The Balaban J connectivity index is 1.70. The van der Waals surface area contributed by atoms with E-state index >= 15 is 0 Å². The quantitative estimate of drug-likeness (QED) is 0.834. The van der Waals surface area contributed by atoms with Gasteiger partial charge in [-0.25, -0.2) is 9.78 Å². The number of alkyl halides is 3. The smallest absolute Gasteiger partial charge is 0.350 e. The molecule has 1 aromatic carbocycles. The van der Waals surface area contributed by atoms with E-state index in [0.29, 0.717) is 5.82 Å². The van der Waals surface area contributed by atoms with Crippen LogP contribution in [0.15, 0.2) is 30.7 Å². The maximum atomic E-state index is 12.9. The maximum Gasteiger partial charge on any atom is 0.417 e. The molecule has 150 valence electrons. The minimum absolute atomic E-state index is 0.0779. The van der Waals surface area contributed by atoms with Gasteiger partial charge in [0.15, 0.2) is 5.82 Å². The number of nitrogens with one attached hydrogen (secondary N) is 1. The van der Waals surface area contributed by atoms with Crippen molar-refractivity contribution >= 4 is 29.4 Å². The Hall–Kier alpha value is -2.75. The van der Waals surface area contributed by atoms with E-state index in [0.717, 1.165) is 6.07 Å². The molecular weight excluding hydrogens is 399 g/mol. The molecule has 7 nitrogen and oxygen atoms in total. The van der Waals surface area contributed by atoms with Crippen molar-refractivity contribution in [1.82, 2.24) is 19.8 Å². The van der Waals surface area contributed by atoms with E-state index in [1.54, 1.807) is 17.8 Å². The Morgan fingerprint density at radius 1 is 1.36 bits per heavy atom. The molecule has 1 N–H and O–H groups in total. The number of hydrogen-bond acceptors (Lipinski definition) is 3. The van der Waals surface area contributed by atoms with Gasteiger partial charge in [-0.3, -0.25) is 9.69 Å². The number of aryl methyl sites for hydroxylation is 1. The summed E-state index contributed by atoms with van der Waals surface area (Å²) in [5.74, 6) is -0.0849. The monoisotopic (exact) mass is 415 g/mol. The van der Waals surface area contributed by atoms with Crippen molar-refractivity contribution in [3.8, 4) is 0 Å². The van der Waals surface area contributed by atoms with Gasteiger partial charge in [-0.05, 0) is 11.6 Å². The molecule has 1 fully saturated rings. The van der Waals surface area contributed by atoms with Gasteiger partial charge in [-0.2, -0.15) is 13.2 Å². The molecule has 28 heavy (non-hydrogen) atoms.